The summed E-state index contributed by atoms with van der Waals surface area (Å²) in [5.74, 6) is -2.30. The second-order valence-electron chi connectivity index (χ2n) is 29.8. The van der Waals surface area contributed by atoms with E-state index in [1.807, 2.05) is 0 Å². The van der Waals surface area contributed by atoms with Gasteiger partial charge in [0.25, 0.3) is 0 Å². The second-order valence-corrected chi connectivity index (χ2v) is 38.9. The summed E-state index contributed by atoms with van der Waals surface area (Å²) in [6.45, 7) is -0.868. The lowest BCUT2D eigenvalue weighted by Gasteiger charge is -2.42. The summed E-state index contributed by atoms with van der Waals surface area (Å²) < 4.78 is 208. The quantitative estimate of drug-likeness (QED) is 0.0236. The number of phosphoric ester groups is 5. The smallest absolute Gasteiger partial charge is 0.394 e. The van der Waals surface area contributed by atoms with Crippen LogP contribution in [0.3, 0.4) is 0 Å². The first-order valence-corrected chi connectivity index (χ1v) is 49.8. The summed E-state index contributed by atoms with van der Waals surface area (Å²) in [6.07, 6.45) is -10.5. The average Bonchev–Trinajstić information content (AvgIpc) is 1.16. The van der Waals surface area contributed by atoms with Gasteiger partial charge in [0, 0.05) is 84.5 Å². The third-order valence-corrected chi connectivity index (χ3v) is 24.6. The highest BCUT2D eigenvalue weighted by Gasteiger charge is 2.48. The lowest BCUT2D eigenvalue weighted by molar-refractivity contribution is -0.282. The molecule has 0 aliphatic carbocycles. The maximum absolute atomic E-state index is 13.7. The maximum atomic E-state index is 13.7. The molecule has 4 rings (SSSR count). The number of hydrogen-bond acceptors (Lipinski definition) is 40. The second kappa shape index (κ2) is 61.2. The number of carbonyl (C=O) groups is 1. The van der Waals surface area contributed by atoms with E-state index in [2.05, 4.69) is 5.32 Å². The SMILES string of the molecule is C.COCC(COCOP(=O)(O)OCC(COCCCOP(=O)(O)OCCCCCCO[C@@H]1OC(CO)[C@H](O)[C@H](O)C1C)(COCCCOP(=O)(O)OCCCCCCO[C@@H]1OC(CO)[C@H](O)[C@H](O)C1C)COCCCOP(=O)(O)OCCCCCCO[C@@H]1OC(CO)[C@H](O)[C@H](O)C1NC(C)=O)COCOP(=O)(O)O[C@H]1C[C@H](C)O[C@@H]1COP(C)(=O)O. The van der Waals surface area contributed by atoms with Crippen LogP contribution in [0.5, 0.6) is 0 Å². The first-order chi connectivity index (χ1) is 57.2. The fourth-order valence-corrected chi connectivity index (χ4v) is 16.7. The Morgan fingerprint density at radius 3 is 1.14 bits per heavy atom. The Hall–Kier alpha value is -0.710. The van der Waals surface area contributed by atoms with E-state index in [0.717, 1.165) is 6.66 Å². The van der Waals surface area contributed by atoms with Gasteiger partial charge in [0.2, 0.25) is 5.91 Å². The van der Waals surface area contributed by atoms with E-state index >= 15 is 0 Å². The van der Waals surface area contributed by atoms with Crippen molar-refractivity contribution in [3.63, 3.8) is 0 Å². The van der Waals surface area contributed by atoms with E-state index in [1.165, 1.54) is 14.0 Å². The van der Waals surface area contributed by atoms with Crippen LogP contribution >= 0.6 is 46.7 Å². The molecule has 0 spiro atoms. The molecule has 13 unspecified atom stereocenters. The first-order valence-electron chi connectivity index (χ1n) is 40.3. The summed E-state index contributed by atoms with van der Waals surface area (Å²) >= 11 is 0. The normalized spacial score (nSPS) is 29.6. The minimum Gasteiger partial charge on any atom is -0.394 e. The number of aliphatic hydroxyl groups excluding tert-OH is 9. The van der Waals surface area contributed by atoms with Gasteiger partial charge < -0.3 is 147 Å². The van der Waals surface area contributed by atoms with Crippen molar-refractivity contribution in [1.82, 2.24) is 5.32 Å². The first kappa shape index (κ1) is 115. The van der Waals surface area contributed by atoms with Crippen LogP contribution in [-0.2, 0) is 144 Å². The molecule has 122 heavy (non-hydrogen) atoms. The van der Waals surface area contributed by atoms with Gasteiger partial charge in [0.1, 0.15) is 61.0 Å². The monoisotopic (exact) mass is 1900 g/mol. The molecule has 4 heterocycles. The van der Waals surface area contributed by atoms with Crippen molar-refractivity contribution >= 4 is 52.6 Å². The summed E-state index contributed by atoms with van der Waals surface area (Å²) in [6, 6.07) is -1.12. The molecule has 4 aliphatic heterocycles. The highest BCUT2D eigenvalue weighted by Crippen LogP contribution is 2.50. The molecule has 0 radical (unpaired) electrons. The van der Waals surface area contributed by atoms with E-state index < -0.39 is 240 Å². The van der Waals surface area contributed by atoms with Crippen LogP contribution in [0.2, 0.25) is 0 Å². The van der Waals surface area contributed by atoms with Gasteiger partial charge in [0.05, 0.1) is 136 Å². The number of nitrogens with one attached hydrogen (secondary N) is 1. The van der Waals surface area contributed by atoms with Gasteiger partial charge in [-0.25, -0.2) is 22.8 Å². The third kappa shape index (κ3) is 47.6. The Kier molecular flexibility index (Phi) is 57.9. The van der Waals surface area contributed by atoms with Gasteiger partial charge in [-0.1, -0.05) is 59.8 Å². The topological polar surface area (TPSA) is 656 Å². The van der Waals surface area contributed by atoms with Crippen LogP contribution in [-0.4, -0.2) is 359 Å². The van der Waals surface area contributed by atoms with Crippen molar-refractivity contribution in [2.45, 2.75) is 236 Å². The predicted molar refractivity (Wildman–Crippen MR) is 423 cm³/mol. The number of ether oxygens (including phenoxy) is 13. The van der Waals surface area contributed by atoms with Gasteiger partial charge in [0.15, 0.2) is 32.5 Å². The average molecular weight is 1900 g/mol. The molecule has 4 saturated heterocycles. The Bertz CT molecular complexity index is 2990. The van der Waals surface area contributed by atoms with E-state index in [1.54, 1.807) is 20.8 Å². The molecule has 25 atom stereocenters. The van der Waals surface area contributed by atoms with Crippen molar-refractivity contribution in [3.05, 3.63) is 0 Å². The lowest BCUT2D eigenvalue weighted by Crippen LogP contribution is -2.64. The molecule has 0 saturated carbocycles. The van der Waals surface area contributed by atoms with Gasteiger partial charge in [-0.05, 0) is 64.7 Å². The molecule has 53 heteroatoms. The van der Waals surface area contributed by atoms with Crippen LogP contribution in [0.4, 0.5) is 0 Å². The Balaban J connectivity index is 0.0000384. The third-order valence-electron chi connectivity index (χ3n) is 19.0. The number of carbonyl (C=O) groups excluding carboxylic acids is 1. The van der Waals surface area contributed by atoms with Crippen LogP contribution in [0, 0.1) is 23.2 Å². The number of hydrogen-bond donors (Lipinski definition) is 16. The number of amides is 1. The van der Waals surface area contributed by atoms with Gasteiger partial charge in [-0.15, -0.1) is 0 Å². The summed E-state index contributed by atoms with van der Waals surface area (Å²) in [7, 11) is -26.3. The minimum atomic E-state index is -5.13. The molecular weight excluding hydrogens is 1760 g/mol. The van der Waals surface area contributed by atoms with Crippen molar-refractivity contribution in [2.24, 2.45) is 23.2 Å². The zero-order valence-electron chi connectivity index (χ0n) is 69.5. The molecule has 0 aromatic heterocycles. The Morgan fingerprint density at radius 1 is 0.410 bits per heavy atom. The molecule has 0 aromatic carbocycles. The number of rotatable bonds is 72. The van der Waals surface area contributed by atoms with Crippen molar-refractivity contribution in [3.8, 4) is 0 Å². The van der Waals surface area contributed by atoms with Crippen LogP contribution in [0.1, 0.15) is 138 Å². The molecule has 47 nitrogen and oxygen atoms in total. The van der Waals surface area contributed by atoms with Crippen LogP contribution < -0.4 is 5.32 Å². The zero-order valence-corrected chi connectivity index (χ0v) is 74.9. The molecule has 4 aliphatic rings. The summed E-state index contributed by atoms with van der Waals surface area (Å²) in [4.78, 5) is 74.4. The van der Waals surface area contributed by atoms with E-state index in [0.29, 0.717) is 77.0 Å². The van der Waals surface area contributed by atoms with Crippen LogP contribution in [0.25, 0.3) is 0 Å². The van der Waals surface area contributed by atoms with Crippen molar-refractivity contribution in [2.75, 3.05) is 179 Å². The predicted octanol–water partition coefficient (Wildman–Crippen LogP) is 2.91. The van der Waals surface area contributed by atoms with Gasteiger partial charge >= 0.3 is 46.7 Å². The highest BCUT2D eigenvalue weighted by atomic mass is 31.2. The fourth-order valence-electron chi connectivity index (χ4n) is 12.4. The van der Waals surface area contributed by atoms with E-state index in [4.69, 9.17) is 111 Å². The van der Waals surface area contributed by atoms with Crippen molar-refractivity contribution in [1.29, 1.82) is 0 Å². The number of phosphoric acid groups is 5. The van der Waals surface area contributed by atoms with Gasteiger partial charge in [-0.3, -0.25) is 54.6 Å². The van der Waals surface area contributed by atoms with Crippen LogP contribution in [0.15, 0.2) is 0 Å². The molecule has 1 amide bonds. The Labute approximate surface area is 712 Å². The number of unbranched alkanes of at least 4 members (excludes halogenated alkanes) is 9. The fraction of sp³-hybridized carbons (Fsp3) is 0.986. The summed E-state index contributed by atoms with van der Waals surface area (Å²) in [5, 5.41) is 92.7. The van der Waals surface area contributed by atoms with E-state index in [9.17, 15) is 108 Å². The largest absolute Gasteiger partial charge is 0.474 e. The standard InChI is InChI=1S/C68H135NO46P6.CH4/c1-48-34-53(57(111-48)41-107-116(6,80)81)115-121(90,91)110-47-97-40-52(38-92-5)39-96-46-109-120(88,89)108-45-68(42-93-22-19-31-104-117(82,83)101-28-16-10-7-13-25-98-65-49(2)59(74)61(76)54(35-70)112-65,43-94-23-20-32-105-118(84,85)102-29-17-11-8-14-26-99-66-50(3)60(75)62(77)55(36-71)113-66)44-95-24-21-33-106-119(86,87)103-30-18-12-9-15-27-100-67-58(69-51(4)73)64(79)63(78)56(37-72)114-67;/h48-50,52-67,70-72,74-79H,7-47H2,1-6H3,(H,69,73)(H,80,81)(H,82,83)(H,84,85)(H,86,87)(H,88,89)(H,90,91);1H4/t48-,49?,50?,52?,53-,54?,55?,56?,57+,58?,59+,60+,61-,62-,63-,64+,65+,66+,67+,68?;/m0./s1. The molecule has 16 N–H and O–H groups in total. The Morgan fingerprint density at radius 2 is 0.762 bits per heavy atom. The molecule has 726 valence electrons. The lowest BCUT2D eigenvalue weighted by atomic mass is 9.92. The minimum absolute atomic E-state index is 0. The maximum Gasteiger partial charge on any atom is 0.474 e. The number of methoxy groups -OCH3 is 1. The van der Waals surface area contributed by atoms with Gasteiger partial charge in [-0.2, -0.15) is 0 Å². The molecule has 0 bridgehead atoms. The molecular formula is C69H139NO46P6. The summed E-state index contributed by atoms with van der Waals surface area (Å²) in [5.41, 5.74) is -1.59. The van der Waals surface area contributed by atoms with E-state index in [-0.39, 0.29) is 132 Å². The zero-order chi connectivity index (χ0) is 89.7. The molecule has 4 fully saturated rings. The van der Waals surface area contributed by atoms with Crippen molar-refractivity contribution < 1.29 is 219 Å². The molecule has 0 aromatic rings. The number of aliphatic hydroxyl groups is 9. The highest BCUT2D eigenvalue weighted by molar-refractivity contribution is 7.52.